The molecule has 0 saturated carbocycles. The summed E-state index contributed by atoms with van der Waals surface area (Å²) >= 11 is 1.69. The second-order valence-electron chi connectivity index (χ2n) is 5.91. The molecule has 0 aromatic carbocycles. The molecule has 1 aromatic rings. The average Bonchev–Trinajstić information content (AvgIpc) is 2.78. The fourth-order valence-electron chi connectivity index (χ4n) is 2.49. The van der Waals surface area contributed by atoms with E-state index in [-0.39, 0.29) is 17.5 Å². The van der Waals surface area contributed by atoms with E-state index in [0.717, 1.165) is 23.8 Å². The number of rotatable bonds is 5. The molecule has 7 heteroatoms. The normalized spacial score (nSPS) is 22.0. The molecule has 0 aliphatic carbocycles. The summed E-state index contributed by atoms with van der Waals surface area (Å²) in [5.74, 6) is 0.464. The molecule has 5 nitrogen and oxygen atoms in total. The summed E-state index contributed by atoms with van der Waals surface area (Å²) < 4.78 is 23.4. The van der Waals surface area contributed by atoms with Gasteiger partial charge in [0.1, 0.15) is 0 Å². The second-order valence-corrected chi connectivity index (χ2v) is 9.20. The molecule has 0 spiro atoms. The average molecular weight is 332 g/mol. The topological polar surface area (TPSA) is 62.3 Å². The van der Waals surface area contributed by atoms with Crippen LogP contribution in [0.2, 0.25) is 0 Å². The van der Waals surface area contributed by atoms with E-state index in [2.05, 4.69) is 31.0 Å². The summed E-state index contributed by atoms with van der Waals surface area (Å²) in [7, 11) is -2.88. The first-order valence-corrected chi connectivity index (χ1v) is 10.1. The van der Waals surface area contributed by atoms with Gasteiger partial charge in [-0.2, -0.15) is 0 Å². The molecule has 0 radical (unpaired) electrons. The van der Waals surface area contributed by atoms with E-state index >= 15 is 0 Å². The zero-order chi connectivity index (χ0) is 15.6. The van der Waals surface area contributed by atoms with Crippen LogP contribution in [0, 0.1) is 0 Å². The number of nitrogens with one attached hydrogen (secondary N) is 1. The minimum Gasteiger partial charge on any atom is -0.343 e. The van der Waals surface area contributed by atoms with Crippen molar-refractivity contribution in [2.45, 2.75) is 52.7 Å². The Labute approximate surface area is 131 Å². The van der Waals surface area contributed by atoms with Gasteiger partial charge in [-0.3, -0.25) is 0 Å². The zero-order valence-corrected chi connectivity index (χ0v) is 14.9. The number of aryl methyl sites for hydroxylation is 1. The third kappa shape index (κ3) is 4.17. The first-order chi connectivity index (χ1) is 9.82. The van der Waals surface area contributed by atoms with Crippen LogP contribution in [0.4, 0.5) is 5.13 Å². The molecule has 1 atom stereocenters. The standard InChI is InChI=1S/C14H25N3O2S2/c1-5-12-13(8-15-10(2)3)20-14(16-12)17-6-7-21(18,19)9-11(17)4/h10-11,15H,5-9H2,1-4H3. The fraction of sp³-hybridized carbons (Fsp3) is 0.786. The van der Waals surface area contributed by atoms with E-state index < -0.39 is 9.84 Å². The molecular formula is C14H25N3O2S2. The van der Waals surface area contributed by atoms with Crippen molar-refractivity contribution in [1.29, 1.82) is 0 Å². The highest BCUT2D eigenvalue weighted by molar-refractivity contribution is 7.91. The van der Waals surface area contributed by atoms with Crippen molar-refractivity contribution in [3.63, 3.8) is 0 Å². The second kappa shape index (κ2) is 6.62. The summed E-state index contributed by atoms with van der Waals surface area (Å²) in [6, 6.07) is 0.449. The van der Waals surface area contributed by atoms with Gasteiger partial charge in [0.2, 0.25) is 0 Å². The highest BCUT2D eigenvalue weighted by Gasteiger charge is 2.30. The minimum atomic E-state index is -2.88. The quantitative estimate of drug-likeness (QED) is 0.892. The molecule has 21 heavy (non-hydrogen) atoms. The summed E-state index contributed by atoms with van der Waals surface area (Å²) in [5, 5.41) is 4.40. The van der Waals surface area contributed by atoms with Crippen LogP contribution in [0.15, 0.2) is 0 Å². The van der Waals surface area contributed by atoms with Gasteiger partial charge in [-0.15, -0.1) is 11.3 Å². The van der Waals surface area contributed by atoms with Gasteiger partial charge in [0.05, 0.1) is 17.2 Å². The SMILES string of the molecule is CCc1nc(N2CCS(=O)(=O)CC2C)sc1CNC(C)C. The lowest BCUT2D eigenvalue weighted by Gasteiger charge is -2.32. The lowest BCUT2D eigenvalue weighted by molar-refractivity contribution is 0.568. The van der Waals surface area contributed by atoms with Crippen LogP contribution in [-0.2, 0) is 22.8 Å². The van der Waals surface area contributed by atoms with Crippen molar-refractivity contribution >= 4 is 26.3 Å². The van der Waals surface area contributed by atoms with Crippen LogP contribution in [0.1, 0.15) is 38.3 Å². The Balaban J connectivity index is 2.17. The number of aromatic nitrogens is 1. The lowest BCUT2D eigenvalue weighted by Crippen LogP contribution is -2.47. The van der Waals surface area contributed by atoms with Crippen LogP contribution < -0.4 is 10.2 Å². The van der Waals surface area contributed by atoms with E-state index in [0.29, 0.717) is 12.6 Å². The Morgan fingerprint density at radius 2 is 2.19 bits per heavy atom. The third-order valence-corrected chi connectivity index (χ3v) is 6.62. The van der Waals surface area contributed by atoms with Gasteiger partial charge in [-0.05, 0) is 13.3 Å². The summed E-state index contributed by atoms with van der Waals surface area (Å²) in [4.78, 5) is 8.15. The molecule has 120 valence electrons. The predicted octanol–water partition coefficient (Wildman–Crippen LogP) is 1.83. The maximum atomic E-state index is 11.7. The van der Waals surface area contributed by atoms with Crippen LogP contribution in [0.25, 0.3) is 0 Å². The number of sulfone groups is 1. The van der Waals surface area contributed by atoms with Crippen molar-refractivity contribution in [2.75, 3.05) is 23.0 Å². The Morgan fingerprint density at radius 3 is 2.76 bits per heavy atom. The highest BCUT2D eigenvalue weighted by atomic mass is 32.2. The van der Waals surface area contributed by atoms with E-state index in [1.807, 2.05) is 6.92 Å². The number of nitrogens with zero attached hydrogens (tertiary/aromatic N) is 2. The largest absolute Gasteiger partial charge is 0.343 e. The first-order valence-electron chi connectivity index (χ1n) is 7.51. The number of hydrogen-bond donors (Lipinski definition) is 1. The molecule has 1 aliphatic rings. The summed E-state index contributed by atoms with van der Waals surface area (Å²) in [6.45, 7) is 9.73. The number of hydrogen-bond acceptors (Lipinski definition) is 6. The van der Waals surface area contributed by atoms with Crippen molar-refractivity contribution < 1.29 is 8.42 Å². The monoisotopic (exact) mass is 331 g/mol. The molecule has 0 bridgehead atoms. The van der Waals surface area contributed by atoms with Gasteiger partial charge in [0.25, 0.3) is 0 Å². The van der Waals surface area contributed by atoms with E-state index in [4.69, 9.17) is 4.98 Å². The zero-order valence-electron chi connectivity index (χ0n) is 13.2. The molecule has 1 fully saturated rings. The number of thiazole rings is 1. The van der Waals surface area contributed by atoms with Gasteiger partial charge in [0.15, 0.2) is 15.0 Å². The first kappa shape index (κ1) is 16.7. The molecular weight excluding hydrogens is 306 g/mol. The van der Waals surface area contributed by atoms with Crippen LogP contribution >= 0.6 is 11.3 Å². The van der Waals surface area contributed by atoms with Gasteiger partial charge in [-0.25, -0.2) is 13.4 Å². The molecule has 0 amide bonds. The lowest BCUT2D eigenvalue weighted by atomic mass is 10.3. The molecule has 1 aliphatic heterocycles. The maximum absolute atomic E-state index is 11.7. The van der Waals surface area contributed by atoms with Crippen LogP contribution in [0.3, 0.4) is 0 Å². The smallest absolute Gasteiger partial charge is 0.186 e. The van der Waals surface area contributed by atoms with Gasteiger partial charge in [0, 0.05) is 30.1 Å². The van der Waals surface area contributed by atoms with Gasteiger partial charge >= 0.3 is 0 Å². The van der Waals surface area contributed by atoms with E-state index in [1.54, 1.807) is 11.3 Å². The van der Waals surface area contributed by atoms with Crippen molar-refractivity contribution in [3.05, 3.63) is 10.6 Å². The van der Waals surface area contributed by atoms with E-state index in [9.17, 15) is 8.42 Å². The van der Waals surface area contributed by atoms with Gasteiger partial charge in [-0.1, -0.05) is 20.8 Å². The third-order valence-electron chi connectivity index (χ3n) is 3.69. The minimum absolute atomic E-state index is 0.00511. The summed E-state index contributed by atoms with van der Waals surface area (Å²) in [5.41, 5.74) is 1.13. The molecule has 1 aromatic heterocycles. The Bertz CT molecular complexity index is 581. The fourth-order valence-corrected chi connectivity index (χ4v) is 5.27. The molecule has 2 heterocycles. The van der Waals surface area contributed by atoms with Crippen molar-refractivity contribution in [1.82, 2.24) is 10.3 Å². The maximum Gasteiger partial charge on any atom is 0.186 e. The molecule has 1 unspecified atom stereocenters. The Hall–Kier alpha value is -0.660. The summed E-state index contributed by atoms with van der Waals surface area (Å²) in [6.07, 6.45) is 0.909. The van der Waals surface area contributed by atoms with Crippen molar-refractivity contribution in [2.24, 2.45) is 0 Å². The van der Waals surface area contributed by atoms with E-state index in [1.165, 1.54) is 4.88 Å². The molecule has 2 rings (SSSR count). The van der Waals surface area contributed by atoms with Crippen molar-refractivity contribution in [3.8, 4) is 0 Å². The molecule has 1 saturated heterocycles. The van der Waals surface area contributed by atoms with Gasteiger partial charge < -0.3 is 10.2 Å². The number of anilines is 1. The van der Waals surface area contributed by atoms with Crippen LogP contribution in [-0.4, -0.2) is 43.5 Å². The Kier molecular flexibility index (Phi) is 5.27. The molecule has 1 N–H and O–H groups in total. The highest BCUT2D eigenvalue weighted by Crippen LogP contribution is 2.30. The van der Waals surface area contributed by atoms with Crippen LogP contribution in [0.5, 0.6) is 0 Å². The Morgan fingerprint density at radius 1 is 1.48 bits per heavy atom. The predicted molar refractivity (Wildman–Crippen MR) is 88.9 cm³/mol.